The molecule has 1 rings (SSSR count). The fourth-order valence-corrected chi connectivity index (χ4v) is 1.96. The van der Waals surface area contributed by atoms with E-state index in [0.717, 1.165) is 0 Å². The van der Waals surface area contributed by atoms with Crippen LogP contribution in [0.3, 0.4) is 0 Å². The number of esters is 1. The van der Waals surface area contributed by atoms with Crippen LogP contribution >= 0.6 is 15.9 Å². The van der Waals surface area contributed by atoms with Gasteiger partial charge in [-0.1, -0.05) is 0 Å². The summed E-state index contributed by atoms with van der Waals surface area (Å²) in [6.45, 7) is 6.28. The summed E-state index contributed by atoms with van der Waals surface area (Å²) in [5.41, 5.74) is 0.160. The Morgan fingerprint density at radius 3 is 2.52 bits per heavy atom. The molecule has 0 bridgehead atoms. The van der Waals surface area contributed by atoms with E-state index < -0.39 is 30.1 Å². The zero-order valence-corrected chi connectivity index (χ0v) is 14.0. The maximum Gasteiger partial charge on any atom is 0.331 e. The van der Waals surface area contributed by atoms with Gasteiger partial charge >= 0.3 is 5.97 Å². The summed E-state index contributed by atoms with van der Waals surface area (Å²) >= 11 is 3.21. The minimum Gasteiger partial charge on any atom is -0.458 e. The molecule has 1 unspecified atom stereocenters. The number of aliphatic hydroxyl groups excluding tert-OH is 1. The van der Waals surface area contributed by atoms with Crippen molar-refractivity contribution in [1.29, 1.82) is 0 Å². The molecule has 0 aliphatic heterocycles. The molecule has 0 aromatic carbocycles. The minimum atomic E-state index is -1.11. The van der Waals surface area contributed by atoms with E-state index in [-0.39, 0.29) is 0 Å². The van der Waals surface area contributed by atoms with Crippen LogP contribution in [0.5, 0.6) is 0 Å². The van der Waals surface area contributed by atoms with E-state index >= 15 is 0 Å². The van der Waals surface area contributed by atoms with Gasteiger partial charge in [-0.25, -0.2) is 9.78 Å². The van der Waals surface area contributed by atoms with Gasteiger partial charge in [-0.3, -0.25) is 4.79 Å². The lowest BCUT2D eigenvalue weighted by Crippen LogP contribution is -2.46. The molecule has 0 aliphatic rings. The molecule has 0 aliphatic carbocycles. The van der Waals surface area contributed by atoms with Crippen LogP contribution in [0.2, 0.25) is 0 Å². The topological polar surface area (TPSA) is 88.5 Å². The molecule has 0 saturated heterocycles. The van der Waals surface area contributed by atoms with E-state index in [1.807, 2.05) is 0 Å². The van der Waals surface area contributed by atoms with Crippen molar-refractivity contribution in [1.82, 2.24) is 10.3 Å². The Morgan fingerprint density at radius 2 is 2.05 bits per heavy atom. The summed E-state index contributed by atoms with van der Waals surface area (Å²) in [7, 11) is 0. The number of aryl methyl sites for hydroxylation is 1. The molecule has 0 fully saturated rings. The predicted octanol–water partition coefficient (Wildman–Crippen LogP) is 1.58. The Balaban J connectivity index is 2.81. The first-order chi connectivity index (χ1) is 9.64. The number of aromatic nitrogens is 1. The van der Waals surface area contributed by atoms with Crippen molar-refractivity contribution in [3.63, 3.8) is 0 Å². The number of pyridine rings is 1. The number of nitrogens with one attached hydrogen (secondary N) is 1. The summed E-state index contributed by atoms with van der Waals surface area (Å²) in [6, 6.07) is 2.11. The SMILES string of the molecule is Cc1nc(Br)ccc1C(=O)NC(CO)C(=O)OC(C)(C)C. The lowest BCUT2D eigenvalue weighted by atomic mass is 10.1. The van der Waals surface area contributed by atoms with E-state index in [1.165, 1.54) is 0 Å². The number of carbonyl (C=O) groups excluding carboxylic acids is 2. The first-order valence-corrected chi connectivity index (χ1v) is 7.21. The number of hydrogen-bond donors (Lipinski definition) is 2. The fraction of sp³-hybridized carbons (Fsp3) is 0.500. The van der Waals surface area contributed by atoms with E-state index in [2.05, 4.69) is 26.2 Å². The van der Waals surface area contributed by atoms with Gasteiger partial charge in [0.15, 0.2) is 6.04 Å². The molecule has 1 atom stereocenters. The third-order valence-corrected chi connectivity index (χ3v) is 2.92. The Hall–Kier alpha value is -1.47. The van der Waals surface area contributed by atoms with Crippen LogP contribution in [-0.4, -0.2) is 40.2 Å². The molecule has 0 spiro atoms. The zero-order chi connectivity index (χ0) is 16.2. The second-order valence-corrected chi connectivity index (χ2v) is 6.32. The number of aliphatic hydroxyl groups is 1. The molecule has 7 heteroatoms. The lowest BCUT2D eigenvalue weighted by Gasteiger charge is -2.23. The second-order valence-electron chi connectivity index (χ2n) is 5.51. The van der Waals surface area contributed by atoms with Crippen LogP contribution in [0.1, 0.15) is 36.8 Å². The number of rotatable bonds is 4. The van der Waals surface area contributed by atoms with Gasteiger partial charge < -0.3 is 15.2 Å². The zero-order valence-electron chi connectivity index (χ0n) is 12.4. The van der Waals surface area contributed by atoms with Crippen molar-refractivity contribution in [3.05, 3.63) is 28.0 Å². The summed E-state index contributed by atoms with van der Waals surface area (Å²) in [6.07, 6.45) is 0. The molecular weight excluding hydrogens is 340 g/mol. The molecule has 1 amide bonds. The third-order valence-electron chi connectivity index (χ3n) is 2.48. The third kappa shape index (κ3) is 5.43. The molecule has 1 aromatic heterocycles. The van der Waals surface area contributed by atoms with Gasteiger partial charge in [0.05, 0.1) is 17.9 Å². The lowest BCUT2D eigenvalue weighted by molar-refractivity contribution is -0.158. The Kier molecular flexibility index (Phi) is 5.86. The highest BCUT2D eigenvalue weighted by Gasteiger charge is 2.26. The van der Waals surface area contributed by atoms with Gasteiger partial charge in [-0.15, -0.1) is 0 Å². The first-order valence-electron chi connectivity index (χ1n) is 6.42. The first kappa shape index (κ1) is 17.6. The molecule has 1 aromatic rings. The second kappa shape index (κ2) is 7.00. The van der Waals surface area contributed by atoms with Crippen molar-refractivity contribution in [3.8, 4) is 0 Å². The predicted molar refractivity (Wildman–Crippen MR) is 80.9 cm³/mol. The van der Waals surface area contributed by atoms with Crippen LogP contribution in [-0.2, 0) is 9.53 Å². The van der Waals surface area contributed by atoms with Gasteiger partial charge in [0.1, 0.15) is 10.2 Å². The van der Waals surface area contributed by atoms with Crippen molar-refractivity contribution in [2.24, 2.45) is 0 Å². The van der Waals surface area contributed by atoms with Crippen molar-refractivity contribution < 1.29 is 19.4 Å². The van der Waals surface area contributed by atoms with Crippen LogP contribution < -0.4 is 5.32 Å². The Labute approximate surface area is 132 Å². The van der Waals surface area contributed by atoms with Gasteiger partial charge in [0, 0.05) is 0 Å². The highest BCUT2D eigenvalue weighted by Crippen LogP contribution is 2.12. The molecule has 0 radical (unpaired) electrons. The standard InChI is InChI=1S/C14H19BrN2O4/c1-8-9(5-6-11(15)16-8)12(19)17-10(7-18)13(20)21-14(2,3)4/h5-6,10,18H,7H2,1-4H3,(H,17,19). The maximum absolute atomic E-state index is 12.1. The number of hydrogen-bond acceptors (Lipinski definition) is 5. The molecular formula is C14H19BrN2O4. The number of nitrogens with zero attached hydrogens (tertiary/aromatic N) is 1. The van der Waals surface area contributed by atoms with Crippen molar-refractivity contribution in [2.45, 2.75) is 39.3 Å². The molecule has 116 valence electrons. The fourth-order valence-electron chi connectivity index (χ4n) is 1.56. The number of ether oxygens (including phenoxy) is 1. The van der Waals surface area contributed by atoms with Crippen molar-refractivity contribution >= 4 is 27.8 Å². The average Bonchev–Trinajstić information content (AvgIpc) is 2.33. The summed E-state index contributed by atoms with van der Waals surface area (Å²) < 4.78 is 5.75. The van der Waals surface area contributed by atoms with Crippen LogP contribution in [0.4, 0.5) is 0 Å². The van der Waals surface area contributed by atoms with E-state index in [0.29, 0.717) is 15.9 Å². The highest BCUT2D eigenvalue weighted by molar-refractivity contribution is 9.10. The minimum absolute atomic E-state index is 0.334. The number of carbonyl (C=O) groups is 2. The van der Waals surface area contributed by atoms with Gasteiger partial charge in [-0.05, 0) is 55.8 Å². The smallest absolute Gasteiger partial charge is 0.331 e. The molecule has 1 heterocycles. The van der Waals surface area contributed by atoms with Crippen LogP contribution in [0, 0.1) is 6.92 Å². The average molecular weight is 359 g/mol. The highest BCUT2D eigenvalue weighted by atomic mass is 79.9. The Bertz CT molecular complexity index is 540. The van der Waals surface area contributed by atoms with Gasteiger partial charge in [0.25, 0.3) is 5.91 Å². The summed E-state index contributed by atoms with van der Waals surface area (Å²) in [4.78, 5) is 28.1. The summed E-state index contributed by atoms with van der Waals surface area (Å²) in [5.74, 6) is -1.17. The molecule has 2 N–H and O–H groups in total. The van der Waals surface area contributed by atoms with Gasteiger partial charge in [-0.2, -0.15) is 0 Å². The molecule has 21 heavy (non-hydrogen) atoms. The van der Waals surface area contributed by atoms with E-state index in [9.17, 15) is 14.7 Å². The number of halogens is 1. The summed E-state index contributed by atoms with van der Waals surface area (Å²) in [5, 5.41) is 11.7. The quantitative estimate of drug-likeness (QED) is 0.630. The normalized spacial score (nSPS) is 12.7. The van der Waals surface area contributed by atoms with Gasteiger partial charge in [0.2, 0.25) is 0 Å². The van der Waals surface area contributed by atoms with Crippen molar-refractivity contribution in [2.75, 3.05) is 6.61 Å². The molecule has 6 nitrogen and oxygen atoms in total. The van der Waals surface area contributed by atoms with E-state index in [1.54, 1.807) is 39.8 Å². The van der Waals surface area contributed by atoms with Crippen LogP contribution in [0.25, 0.3) is 0 Å². The van der Waals surface area contributed by atoms with Crippen LogP contribution in [0.15, 0.2) is 16.7 Å². The maximum atomic E-state index is 12.1. The molecule has 0 saturated carbocycles. The largest absolute Gasteiger partial charge is 0.458 e. The number of amides is 1. The monoisotopic (exact) mass is 358 g/mol. The van der Waals surface area contributed by atoms with E-state index in [4.69, 9.17) is 4.74 Å². The Morgan fingerprint density at radius 1 is 1.43 bits per heavy atom.